The molecule has 0 bridgehead atoms. The number of amides is 1. The first-order valence-electron chi connectivity index (χ1n) is 11.6. The number of hydrazine groups is 1. The Kier molecular flexibility index (Phi) is 9.03. The number of nitrogens with one attached hydrogen (secondary N) is 2. The molecule has 4 rings (SSSR count). The SMILES string of the molecule is CCCNc1nccc(N2CCN(c3ccccc3OC)CC2)c1C(=O)NN1CCCC1.Cl. The third-order valence-corrected chi connectivity index (χ3v) is 6.11. The maximum atomic E-state index is 13.3. The Morgan fingerprint density at radius 1 is 1.00 bits per heavy atom. The molecule has 1 aromatic carbocycles. The van der Waals surface area contributed by atoms with Gasteiger partial charge in [-0.2, -0.15) is 0 Å². The van der Waals surface area contributed by atoms with Crippen LogP contribution in [0.25, 0.3) is 0 Å². The van der Waals surface area contributed by atoms with Gasteiger partial charge in [0.2, 0.25) is 0 Å². The lowest BCUT2D eigenvalue weighted by Crippen LogP contribution is -2.48. The van der Waals surface area contributed by atoms with Gasteiger partial charge in [-0.15, -0.1) is 12.4 Å². The average Bonchev–Trinajstić information content (AvgIpc) is 3.35. The maximum Gasteiger partial charge on any atom is 0.271 e. The van der Waals surface area contributed by atoms with E-state index in [1.807, 2.05) is 29.3 Å². The molecule has 0 spiro atoms. The molecule has 3 heterocycles. The van der Waals surface area contributed by atoms with Gasteiger partial charge in [0.25, 0.3) is 5.91 Å². The number of hydrogen-bond acceptors (Lipinski definition) is 7. The predicted molar refractivity (Wildman–Crippen MR) is 136 cm³/mol. The second-order valence-corrected chi connectivity index (χ2v) is 8.26. The number of pyridine rings is 1. The zero-order valence-electron chi connectivity index (χ0n) is 19.5. The molecule has 2 aromatic rings. The number of carbonyl (C=O) groups excluding carboxylic acids is 1. The molecule has 8 nitrogen and oxygen atoms in total. The Labute approximate surface area is 202 Å². The predicted octanol–water partition coefficient (Wildman–Crippen LogP) is 3.40. The van der Waals surface area contributed by atoms with E-state index in [0.717, 1.165) is 82.2 Å². The molecule has 2 N–H and O–H groups in total. The van der Waals surface area contributed by atoms with Gasteiger partial charge < -0.3 is 19.9 Å². The number of rotatable bonds is 8. The molecule has 0 saturated carbocycles. The summed E-state index contributed by atoms with van der Waals surface area (Å²) in [5, 5.41) is 5.37. The van der Waals surface area contributed by atoms with Gasteiger partial charge in [-0.25, -0.2) is 9.99 Å². The third kappa shape index (κ3) is 5.81. The van der Waals surface area contributed by atoms with E-state index in [1.54, 1.807) is 13.3 Å². The van der Waals surface area contributed by atoms with Crippen molar-refractivity contribution in [2.75, 3.05) is 68.0 Å². The van der Waals surface area contributed by atoms with Gasteiger partial charge in [-0.1, -0.05) is 19.1 Å². The van der Waals surface area contributed by atoms with Gasteiger partial charge >= 0.3 is 0 Å². The first kappa shape index (κ1) is 24.9. The summed E-state index contributed by atoms with van der Waals surface area (Å²) in [5.41, 5.74) is 5.79. The average molecular weight is 475 g/mol. The highest BCUT2D eigenvalue weighted by molar-refractivity contribution is 6.04. The number of para-hydroxylation sites is 2. The highest BCUT2D eigenvalue weighted by Gasteiger charge is 2.27. The van der Waals surface area contributed by atoms with Crippen molar-refractivity contribution in [3.63, 3.8) is 0 Å². The number of methoxy groups -OCH3 is 1. The number of aromatic nitrogens is 1. The summed E-state index contributed by atoms with van der Waals surface area (Å²) in [6.07, 6.45) is 5.00. The molecule has 2 fully saturated rings. The Morgan fingerprint density at radius 3 is 2.33 bits per heavy atom. The minimum atomic E-state index is -0.0826. The van der Waals surface area contributed by atoms with Crippen molar-refractivity contribution in [2.45, 2.75) is 26.2 Å². The van der Waals surface area contributed by atoms with Gasteiger partial charge in [-0.05, 0) is 37.5 Å². The highest BCUT2D eigenvalue weighted by Crippen LogP contribution is 2.31. The topological polar surface area (TPSA) is 73.0 Å². The smallest absolute Gasteiger partial charge is 0.271 e. The normalized spacial score (nSPS) is 16.3. The Bertz CT molecular complexity index is 914. The van der Waals surface area contributed by atoms with E-state index in [1.165, 1.54) is 0 Å². The maximum absolute atomic E-state index is 13.3. The fraction of sp³-hybridized carbons (Fsp3) is 0.500. The fourth-order valence-electron chi connectivity index (χ4n) is 4.42. The molecule has 9 heteroatoms. The zero-order valence-corrected chi connectivity index (χ0v) is 20.4. The number of benzene rings is 1. The van der Waals surface area contributed by atoms with Crippen molar-refractivity contribution >= 4 is 35.5 Å². The Hall–Kier alpha value is -2.71. The minimum Gasteiger partial charge on any atom is -0.495 e. The standard InChI is InChI=1S/C24H34N6O2.ClH/c1-3-11-25-23-22(24(31)27-30-13-6-7-14-30)20(10-12-26-23)29-17-15-28(16-18-29)19-8-4-5-9-21(19)32-2;/h4-5,8-10,12H,3,6-7,11,13-18H2,1-2H3,(H,25,26)(H,27,31);1H. The van der Waals surface area contributed by atoms with Crippen molar-refractivity contribution in [3.05, 3.63) is 42.1 Å². The van der Waals surface area contributed by atoms with Gasteiger partial charge in [0, 0.05) is 52.0 Å². The first-order valence-corrected chi connectivity index (χ1v) is 11.6. The third-order valence-electron chi connectivity index (χ3n) is 6.11. The number of halogens is 1. The molecule has 1 amide bonds. The monoisotopic (exact) mass is 474 g/mol. The van der Waals surface area contributed by atoms with Crippen LogP contribution in [-0.4, -0.2) is 68.8 Å². The van der Waals surface area contributed by atoms with Crippen LogP contribution in [0.2, 0.25) is 0 Å². The highest BCUT2D eigenvalue weighted by atomic mass is 35.5. The summed E-state index contributed by atoms with van der Waals surface area (Å²) in [6, 6.07) is 10.1. The number of anilines is 3. The lowest BCUT2D eigenvalue weighted by Gasteiger charge is -2.38. The summed E-state index contributed by atoms with van der Waals surface area (Å²) in [6.45, 7) is 8.03. The van der Waals surface area contributed by atoms with Gasteiger partial charge in [0.1, 0.15) is 17.1 Å². The van der Waals surface area contributed by atoms with Crippen LogP contribution in [0.1, 0.15) is 36.5 Å². The molecule has 2 saturated heterocycles. The first-order chi connectivity index (χ1) is 15.7. The number of ether oxygens (including phenoxy) is 1. The molecule has 180 valence electrons. The van der Waals surface area contributed by atoms with Gasteiger partial charge in [0.05, 0.1) is 18.5 Å². The summed E-state index contributed by atoms with van der Waals surface area (Å²) < 4.78 is 5.55. The number of piperazine rings is 1. The zero-order chi connectivity index (χ0) is 22.3. The minimum absolute atomic E-state index is 0. The summed E-state index contributed by atoms with van der Waals surface area (Å²) in [4.78, 5) is 22.5. The molecule has 0 unspecified atom stereocenters. The second kappa shape index (κ2) is 12.0. The van der Waals surface area contributed by atoms with E-state index >= 15 is 0 Å². The van der Waals surface area contributed by atoms with Gasteiger partial charge in [-0.3, -0.25) is 10.2 Å². The van der Waals surface area contributed by atoms with Crippen molar-refractivity contribution in [3.8, 4) is 5.75 Å². The number of carbonyl (C=O) groups is 1. The Morgan fingerprint density at radius 2 is 1.67 bits per heavy atom. The lowest BCUT2D eigenvalue weighted by molar-refractivity contribution is 0.0827. The molecule has 1 aromatic heterocycles. The van der Waals surface area contributed by atoms with Crippen molar-refractivity contribution in [1.82, 2.24) is 15.4 Å². The summed E-state index contributed by atoms with van der Waals surface area (Å²) in [5.74, 6) is 1.47. The van der Waals surface area contributed by atoms with Crippen LogP contribution in [0.5, 0.6) is 5.75 Å². The van der Waals surface area contributed by atoms with Crippen LogP contribution < -0.4 is 25.3 Å². The largest absolute Gasteiger partial charge is 0.495 e. The van der Waals surface area contributed by atoms with Crippen LogP contribution in [0.4, 0.5) is 17.2 Å². The van der Waals surface area contributed by atoms with Gasteiger partial charge in [0.15, 0.2) is 0 Å². The van der Waals surface area contributed by atoms with E-state index in [-0.39, 0.29) is 18.3 Å². The van der Waals surface area contributed by atoms with Crippen LogP contribution in [0.3, 0.4) is 0 Å². The van der Waals surface area contributed by atoms with E-state index in [4.69, 9.17) is 4.74 Å². The number of hydrogen-bond donors (Lipinski definition) is 2. The van der Waals surface area contributed by atoms with Crippen LogP contribution in [0, 0.1) is 0 Å². The summed E-state index contributed by atoms with van der Waals surface area (Å²) in [7, 11) is 1.71. The summed E-state index contributed by atoms with van der Waals surface area (Å²) >= 11 is 0. The Balaban J connectivity index is 0.00000306. The van der Waals surface area contributed by atoms with E-state index in [2.05, 4.69) is 38.5 Å². The van der Waals surface area contributed by atoms with Crippen LogP contribution in [-0.2, 0) is 0 Å². The van der Waals surface area contributed by atoms with Crippen molar-refractivity contribution in [1.29, 1.82) is 0 Å². The van der Waals surface area contributed by atoms with E-state index in [0.29, 0.717) is 11.4 Å². The van der Waals surface area contributed by atoms with E-state index in [9.17, 15) is 4.79 Å². The molecule has 33 heavy (non-hydrogen) atoms. The van der Waals surface area contributed by atoms with E-state index < -0.39 is 0 Å². The molecule has 0 aliphatic carbocycles. The second-order valence-electron chi connectivity index (χ2n) is 8.26. The lowest BCUT2D eigenvalue weighted by atomic mass is 10.1. The molecular formula is C24H35ClN6O2. The molecule has 2 aliphatic heterocycles. The van der Waals surface area contributed by atoms with Crippen molar-refractivity contribution in [2.24, 2.45) is 0 Å². The molecule has 0 atom stereocenters. The van der Waals surface area contributed by atoms with Crippen LogP contribution >= 0.6 is 12.4 Å². The number of nitrogens with zero attached hydrogens (tertiary/aromatic N) is 4. The quantitative estimate of drug-likeness (QED) is 0.607. The fourth-order valence-corrected chi connectivity index (χ4v) is 4.42. The molecule has 2 aliphatic rings. The molecule has 0 radical (unpaired) electrons. The van der Waals surface area contributed by atoms with Crippen LogP contribution in [0.15, 0.2) is 36.5 Å². The molecular weight excluding hydrogens is 440 g/mol. The van der Waals surface area contributed by atoms with Crippen molar-refractivity contribution < 1.29 is 9.53 Å².